The van der Waals surface area contributed by atoms with E-state index in [4.69, 9.17) is 5.84 Å². The monoisotopic (exact) mass is 236 g/mol. The predicted molar refractivity (Wildman–Crippen MR) is 69.0 cm³/mol. The van der Waals surface area contributed by atoms with Crippen molar-refractivity contribution >= 4 is 0 Å². The lowest BCUT2D eigenvalue weighted by Crippen LogP contribution is -2.36. The molecule has 1 saturated carbocycles. The van der Waals surface area contributed by atoms with Crippen molar-refractivity contribution in [3.05, 3.63) is 18.0 Å². The third-order valence-electron chi connectivity index (χ3n) is 4.30. The number of nitrogens with two attached hydrogens (primary N) is 1. The van der Waals surface area contributed by atoms with Gasteiger partial charge in [-0.1, -0.05) is 26.2 Å². The highest BCUT2D eigenvalue weighted by Crippen LogP contribution is 2.37. The molecule has 0 radical (unpaired) electrons. The highest BCUT2D eigenvalue weighted by molar-refractivity contribution is 5.08. The van der Waals surface area contributed by atoms with Crippen LogP contribution in [0.15, 0.2) is 12.3 Å². The molecule has 0 bridgehead atoms. The molecule has 4 heteroatoms. The van der Waals surface area contributed by atoms with Gasteiger partial charge in [-0.2, -0.15) is 5.10 Å². The van der Waals surface area contributed by atoms with E-state index in [9.17, 15) is 0 Å². The number of nitrogens with one attached hydrogen (secondary N) is 1. The first-order valence-corrected chi connectivity index (χ1v) is 6.70. The highest BCUT2D eigenvalue weighted by atomic mass is 15.3. The van der Waals surface area contributed by atoms with Crippen LogP contribution in [0.4, 0.5) is 0 Å². The van der Waals surface area contributed by atoms with Crippen molar-refractivity contribution in [1.82, 2.24) is 15.2 Å². The average Bonchev–Trinajstić information content (AvgIpc) is 2.78. The Morgan fingerprint density at radius 2 is 2.18 bits per heavy atom. The number of aromatic nitrogens is 2. The van der Waals surface area contributed by atoms with E-state index in [2.05, 4.69) is 23.5 Å². The molecule has 1 heterocycles. The first kappa shape index (κ1) is 12.6. The van der Waals surface area contributed by atoms with Crippen LogP contribution in [0.5, 0.6) is 0 Å². The van der Waals surface area contributed by atoms with Crippen LogP contribution in [-0.4, -0.2) is 9.78 Å². The highest BCUT2D eigenvalue weighted by Gasteiger charge is 2.28. The summed E-state index contributed by atoms with van der Waals surface area (Å²) in [5, 5.41) is 4.23. The van der Waals surface area contributed by atoms with E-state index < -0.39 is 0 Å². The molecule has 0 aliphatic heterocycles. The number of hydrazine groups is 1. The quantitative estimate of drug-likeness (QED) is 0.622. The zero-order chi connectivity index (χ0) is 12.3. The number of aryl methyl sites for hydroxylation is 1. The molecule has 4 nitrogen and oxygen atoms in total. The topological polar surface area (TPSA) is 55.9 Å². The van der Waals surface area contributed by atoms with E-state index in [1.54, 1.807) is 0 Å². The van der Waals surface area contributed by atoms with Crippen LogP contribution in [0.25, 0.3) is 0 Å². The zero-order valence-corrected chi connectivity index (χ0v) is 10.9. The van der Waals surface area contributed by atoms with Crippen molar-refractivity contribution in [1.29, 1.82) is 0 Å². The Morgan fingerprint density at radius 3 is 2.65 bits per heavy atom. The molecule has 1 aliphatic carbocycles. The third kappa shape index (κ3) is 2.69. The molecular formula is C13H24N4. The normalized spacial score (nSPS) is 27.0. The Bertz CT molecular complexity index is 339. The van der Waals surface area contributed by atoms with Gasteiger partial charge in [0.05, 0.1) is 11.7 Å². The first-order chi connectivity index (χ1) is 8.26. The second-order valence-electron chi connectivity index (χ2n) is 5.21. The third-order valence-corrected chi connectivity index (χ3v) is 4.30. The van der Waals surface area contributed by atoms with Gasteiger partial charge >= 0.3 is 0 Å². The van der Waals surface area contributed by atoms with Crippen LogP contribution in [0, 0.1) is 11.8 Å². The molecule has 0 spiro atoms. The zero-order valence-electron chi connectivity index (χ0n) is 10.9. The van der Waals surface area contributed by atoms with Gasteiger partial charge in [0, 0.05) is 13.2 Å². The summed E-state index contributed by atoms with van der Waals surface area (Å²) in [7, 11) is 1.98. The van der Waals surface area contributed by atoms with Gasteiger partial charge in [-0.25, -0.2) is 0 Å². The van der Waals surface area contributed by atoms with E-state index >= 15 is 0 Å². The van der Waals surface area contributed by atoms with Crippen molar-refractivity contribution in [2.75, 3.05) is 0 Å². The van der Waals surface area contributed by atoms with Crippen molar-refractivity contribution in [3.63, 3.8) is 0 Å². The first-order valence-electron chi connectivity index (χ1n) is 6.70. The average molecular weight is 236 g/mol. The fourth-order valence-corrected chi connectivity index (χ4v) is 3.08. The fourth-order valence-electron chi connectivity index (χ4n) is 3.08. The maximum Gasteiger partial charge on any atom is 0.0657 e. The van der Waals surface area contributed by atoms with Crippen LogP contribution in [0.1, 0.15) is 50.8 Å². The smallest absolute Gasteiger partial charge is 0.0657 e. The lowest BCUT2D eigenvalue weighted by atomic mass is 9.77. The Labute approximate surface area is 104 Å². The van der Waals surface area contributed by atoms with Gasteiger partial charge in [0.25, 0.3) is 0 Å². The van der Waals surface area contributed by atoms with E-state index in [-0.39, 0.29) is 6.04 Å². The molecule has 2 rings (SSSR count). The molecule has 1 aliphatic rings. The Morgan fingerprint density at radius 1 is 1.47 bits per heavy atom. The number of rotatable bonds is 4. The van der Waals surface area contributed by atoms with Gasteiger partial charge in [0.2, 0.25) is 0 Å². The van der Waals surface area contributed by atoms with Crippen LogP contribution in [-0.2, 0) is 7.05 Å². The van der Waals surface area contributed by atoms with Gasteiger partial charge in [-0.05, 0) is 30.7 Å². The van der Waals surface area contributed by atoms with E-state index in [1.165, 1.54) is 37.8 Å². The molecule has 0 aromatic carbocycles. The summed E-state index contributed by atoms with van der Waals surface area (Å²) >= 11 is 0. The Balaban J connectivity index is 2.03. The maximum absolute atomic E-state index is 5.74. The van der Waals surface area contributed by atoms with Crippen LogP contribution >= 0.6 is 0 Å². The molecule has 0 saturated heterocycles. The minimum atomic E-state index is 0.250. The van der Waals surface area contributed by atoms with Gasteiger partial charge in [-0.3, -0.25) is 16.0 Å². The van der Waals surface area contributed by atoms with Gasteiger partial charge in [0.15, 0.2) is 0 Å². The lowest BCUT2D eigenvalue weighted by molar-refractivity contribution is 0.214. The second kappa shape index (κ2) is 5.65. The molecule has 1 fully saturated rings. The molecule has 17 heavy (non-hydrogen) atoms. The Kier molecular flexibility index (Phi) is 4.18. The predicted octanol–water partition coefficient (Wildman–Crippen LogP) is 2.14. The van der Waals surface area contributed by atoms with E-state index in [0.717, 1.165) is 5.92 Å². The number of hydrogen-bond donors (Lipinski definition) is 2. The largest absolute Gasteiger partial charge is 0.271 e. The van der Waals surface area contributed by atoms with Crippen LogP contribution < -0.4 is 11.3 Å². The van der Waals surface area contributed by atoms with Crippen LogP contribution in [0.3, 0.4) is 0 Å². The van der Waals surface area contributed by atoms with Gasteiger partial charge < -0.3 is 0 Å². The molecule has 96 valence electrons. The van der Waals surface area contributed by atoms with E-state index in [0.29, 0.717) is 5.92 Å². The van der Waals surface area contributed by atoms with Crippen molar-refractivity contribution in [2.24, 2.45) is 24.7 Å². The summed E-state index contributed by atoms with van der Waals surface area (Å²) in [6, 6.07) is 2.32. The summed E-state index contributed by atoms with van der Waals surface area (Å²) < 4.78 is 1.93. The summed E-state index contributed by atoms with van der Waals surface area (Å²) in [6.07, 6.45) is 8.40. The van der Waals surface area contributed by atoms with Crippen LogP contribution in [0.2, 0.25) is 0 Å². The minimum absolute atomic E-state index is 0.250. The SMILES string of the molecule is CCC1CCC(C(NN)c2ccnn2C)CC1. The van der Waals surface area contributed by atoms with Crippen molar-refractivity contribution in [2.45, 2.75) is 45.1 Å². The number of nitrogens with zero attached hydrogens (tertiary/aromatic N) is 2. The molecule has 0 amide bonds. The van der Waals surface area contributed by atoms with E-state index in [1.807, 2.05) is 17.9 Å². The number of hydrogen-bond acceptors (Lipinski definition) is 3. The molecule has 3 N–H and O–H groups in total. The fraction of sp³-hybridized carbons (Fsp3) is 0.769. The minimum Gasteiger partial charge on any atom is -0.271 e. The summed E-state index contributed by atoms with van der Waals surface area (Å²) in [4.78, 5) is 0. The molecule has 1 atom stereocenters. The van der Waals surface area contributed by atoms with Gasteiger partial charge in [0.1, 0.15) is 0 Å². The standard InChI is InChI=1S/C13H24N4/c1-3-10-4-6-11(7-5-10)13(16-14)12-8-9-15-17(12)2/h8-11,13,16H,3-7,14H2,1-2H3. The van der Waals surface area contributed by atoms with Crippen molar-refractivity contribution < 1.29 is 0 Å². The molecule has 1 aromatic rings. The maximum atomic E-state index is 5.74. The lowest BCUT2D eigenvalue weighted by Gasteiger charge is -2.33. The molecule has 1 aromatic heterocycles. The summed E-state index contributed by atoms with van der Waals surface area (Å²) in [5.74, 6) is 7.32. The van der Waals surface area contributed by atoms with Crippen molar-refractivity contribution in [3.8, 4) is 0 Å². The summed E-state index contributed by atoms with van der Waals surface area (Å²) in [5.41, 5.74) is 4.19. The molecule has 1 unspecified atom stereocenters. The molecular weight excluding hydrogens is 212 g/mol. The Hall–Kier alpha value is -0.870. The summed E-state index contributed by atoms with van der Waals surface area (Å²) in [6.45, 7) is 2.30. The van der Waals surface area contributed by atoms with Gasteiger partial charge in [-0.15, -0.1) is 0 Å². The second-order valence-corrected chi connectivity index (χ2v) is 5.21.